The van der Waals surface area contributed by atoms with E-state index in [4.69, 9.17) is 4.74 Å². The van der Waals surface area contributed by atoms with Crippen molar-refractivity contribution in [3.63, 3.8) is 0 Å². The van der Waals surface area contributed by atoms with Gasteiger partial charge in [-0.25, -0.2) is 0 Å². The summed E-state index contributed by atoms with van der Waals surface area (Å²) >= 11 is 0. The molecule has 134 valence electrons. The predicted molar refractivity (Wildman–Crippen MR) is 98.1 cm³/mol. The number of ether oxygens (including phenoxy) is 1. The van der Waals surface area contributed by atoms with Gasteiger partial charge in [0.2, 0.25) is 0 Å². The monoisotopic (exact) mass is 333 g/mol. The molecule has 0 aromatic heterocycles. The highest BCUT2D eigenvalue weighted by molar-refractivity contribution is 5.79. The van der Waals surface area contributed by atoms with Crippen molar-refractivity contribution in [2.45, 2.75) is 51.2 Å². The quantitative estimate of drug-likeness (QED) is 0.388. The van der Waals surface area contributed by atoms with Gasteiger partial charge in [0.25, 0.3) is 0 Å². The predicted octanol–water partition coefficient (Wildman–Crippen LogP) is 2.45. The minimum atomic E-state index is -0.621. The molecule has 2 rings (SSSR count). The van der Waals surface area contributed by atoms with Crippen LogP contribution in [0.2, 0.25) is 0 Å². The summed E-state index contributed by atoms with van der Waals surface area (Å²) in [6.07, 6.45) is 5.14. The number of hydrogen-bond acceptors (Lipinski definition) is 3. The third-order valence-electron chi connectivity index (χ3n) is 4.31. The molecule has 0 heterocycles. The highest BCUT2D eigenvalue weighted by atomic mass is 16.5. The maximum absolute atomic E-state index is 10.5. The Morgan fingerprint density at radius 3 is 2.62 bits per heavy atom. The second-order valence-electron chi connectivity index (χ2n) is 6.45. The Balaban J connectivity index is 1.69. The highest BCUT2D eigenvalue weighted by Crippen LogP contribution is 2.28. The molecule has 1 saturated carbocycles. The van der Waals surface area contributed by atoms with Crippen molar-refractivity contribution >= 4 is 5.96 Å². The van der Waals surface area contributed by atoms with E-state index >= 15 is 0 Å². The van der Waals surface area contributed by atoms with Gasteiger partial charge in [-0.15, -0.1) is 0 Å². The molecular weight excluding hydrogens is 302 g/mol. The Morgan fingerprint density at radius 1 is 1.17 bits per heavy atom. The van der Waals surface area contributed by atoms with E-state index in [-0.39, 0.29) is 0 Å². The maximum Gasteiger partial charge on any atom is 0.191 e. The first kappa shape index (κ1) is 18.7. The standard InChI is InChI=1S/C19H31N3O2/c1-2-20-18(22-16-19(23)11-7-4-8-12-19)21-13-14-24-15-17-9-5-3-6-10-17/h3,5-6,9-10,23H,2,4,7-8,11-16H2,1H3,(H2,20,21,22). The molecular formula is C19H31N3O2. The van der Waals surface area contributed by atoms with Crippen LogP contribution in [0.4, 0.5) is 0 Å². The molecule has 1 aromatic rings. The number of aliphatic hydroxyl groups is 1. The topological polar surface area (TPSA) is 65.9 Å². The van der Waals surface area contributed by atoms with Crippen LogP contribution >= 0.6 is 0 Å². The second-order valence-corrected chi connectivity index (χ2v) is 6.45. The minimum absolute atomic E-state index is 0.465. The van der Waals surface area contributed by atoms with Gasteiger partial charge in [0, 0.05) is 13.1 Å². The molecule has 1 aromatic carbocycles. The molecule has 0 radical (unpaired) electrons. The van der Waals surface area contributed by atoms with Crippen molar-refractivity contribution in [2.75, 3.05) is 26.2 Å². The molecule has 5 heteroatoms. The number of benzene rings is 1. The fourth-order valence-electron chi connectivity index (χ4n) is 2.94. The number of aliphatic imine (C=N–C) groups is 1. The first-order valence-electron chi connectivity index (χ1n) is 9.08. The smallest absolute Gasteiger partial charge is 0.191 e. The summed E-state index contributed by atoms with van der Waals surface area (Å²) in [5, 5.41) is 17.0. The molecule has 3 N–H and O–H groups in total. The van der Waals surface area contributed by atoms with E-state index in [1.54, 1.807) is 0 Å². The van der Waals surface area contributed by atoms with Crippen LogP contribution in [0.3, 0.4) is 0 Å². The Bertz CT molecular complexity index is 485. The van der Waals surface area contributed by atoms with Gasteiger partial charge in [0.1, 0.15) is 0 Å². The van der Waals surface area contributed by atoms with Crippen LogP contribution in [0.15, 0.2) is 35.3 Å². The number of rotatable bonds is 8. The first-order valence-corrected chi connectivity index (χ1v) is 9.08. The van der Waals surface area contributed by atoms with Gasteiger partial charge >= 0.3 is 0 Å². The third kappa shape index (κ3) is 6.89. The van der Waals surface area contributed by atoms with Crippen molar-refractivity contribution in [1.82, 2.24) is 10.6 Å². The van der Waals surface area contributed by atoms with Crippen LogP contribution in [0.1, 0.15) is 44.6 Å². The molecule has 0 spiro atoms. The molecule has 24 heavy (non-hydrogen) atoms. The zero-order valence-corrected chi connectivity index (χ0v) is 14.8. The molecule has 1 aliphatic rings. The molecule has 0 amide bonds. The van der Waals surface area contributed by atoms with Crippen LogP contribution in [-0.2, 0) is 11.3 Å². The summed E-state index contributed by atoms with van der Waals surface area (Å²) in [6, 6.07) is 10.2. The fraction of sp³-hybridized carbons (Fsp3) is 0.632. The van der Waals surface area contributed by atoms with Gasteiger partial charge in [0.05, 0.1) is 25.4 Å². The maximum atomic E-state index is 10.5. The van der Waals surface area contributed by atoms with Crippen molar-refractivity contribution in [2.24, 2.45) is 4.99 Å². The Kier molecular flexibility index (Phi) is 8.05. The van der Waals surface area contributed by atoms with Gasteiger partial charge in [-0.05, 0) is 25.3 Å². The molecule has 0 unspecified atom stereocenters. The molecule has 0 saturated heterocycles. The fourth-order valence-corrected chi connectivity index (χ4v) is 2.94. The SMILES string of the molecule is CCNC(=NCC1(O)CCCCC1)NCCOCc1ccccc1. The molecule has 0 atom stereocenters. The van der Waals surface area contributed by atoms with Gasteiger partial charge in [-0.2, -0.15) is 0 Å². The van der Waals surface area contributed by atoms with E-state index in [1.165, 1.54) is 12.0 Å². The van der Waals surface area contributed by atoms with Crippen molar-refractivity contribution in [3.8, 4) is 0 Å². The molecule has 1 fully saturated rings. The van der Waals surface area contributed by atoms with E-state index in [9.17, 15) is 5.11 Å². The lowest BCUT2D eigenvalue weighted by atomic mass is 9.85. The Hall–Kier alpha value is -1.59. The first-order chi connectivity index (χ1) is 11.7. The summed E-state index contributed by atoms with van der Waals surface area (Å²) in [5.41, 5.74) is 0.558. The van der Waals surface area contributed by atoms with Crippen molar-refractivity contribution < 1.29 is 9.84 Å². The molecule has 0 aliphatic heterocycles. The van der Waals surface area contributed by atoms with Gasteiger partial charge in [-0.3, -0.25) is 4.99 Å². The Morgan fingerprint density at radius 2 is 1.92 bits per heavy atom. The van der Waals surface area contributed by atoms with E-state index in [0.29, 0.717) is 26.3 Å². The van der Waals surface area contributed by atoms with Crippen LogP contribution in [0.25, 0.3) is 0 Å². The minimum Gasteiger partial charge on any atom is -0.388 e. The second kappa shape index (κ2) is 10.3. The van der Waals surface area contributed by atoms with E-state index in [0.717, 1.165) is 38.2 Å². The summed E-state index contributed by atoms with van der Waals surface area (Å²) in [6.45, 7) is 5.23. The van der Waals surface area contributed by atoms with Crippen LogP contribution in [0.5, 0.6) is 0 Å². The lowest BCUT2D eigenvalue weighted by Crippen LogP contribution is -2.41. The lowest BCUT2D eigenvalue weighted by molar-refractivity contribution is 0.0131. The highest BCUT2D eigenvalue weighted by Gasteiger charge is 2.28. The van der Waals surface area contributed by atoms with Gasteiger partial charge in [-0.1, -0.05) is 49.6 Å². The lowest BCUT2D eigenvalue weighted by Gasteiger charge is -2.30. The zero-order chi connectivity index (χ0) is 17.1. The Labute approximate surface area is 145 Å². The van der Waals surface area contributed by atoms with Crippen LogP contribution in [-0.4, -0.2) is 42.9 Å². The largest absolute Gasteiger partial charge is 0.388 e. The number of nitrogens with one attached hydrogen (secondary N) is 2. The summed E-state index contributed by atoms with van der Waals surface area (Å²) in [7, 11) is 0. The summed E-state index contributed by atoms with van der Waals surface area (Å²) in [4.78, 5) is 4.55. The molecule has 0 bridgehead atoms. The van der Waals surface area contributed by atoms with Gasteiger partial charge < -0.3 is 20.5 Å². The average molecular weight is 333 g/mol. The van der Waals surface area contributed by atoms with Crippen molar-refractivity contribution in [3.05, 3.63) is 35.9 Å². The van der Waals surface area contributed by atoms with E-state index < -0.39 is 5.60 Å². The van der Waals surface area contributed by atoms with Crippen LogP contribution in [0, 0.1) is 0 Å². The number of guanidine groups is 1. The van der Waals surface area contributed by atoms with Crippen LogP contribution < -0.4 is 10.6 Å². The van der Waals surface area contributed by atoms with Gasteiger partial charge in [0.15, 0.2) is 5.96 Å². The summed E-state index contributed by atoms with van der Waals surface area (Å²) < 4.78 is 5.67. The normalized spacial score (nSPS) is 17.5. The van der Waals surface area contributed by atoms with E-state index in [1.807, 2.05) is 25.1 Å². The molecule has 5 nitrogen and oxygen atoms in total. The number of hydrogen-bond donors (Lipinski definition) is 3. The third-order valence-corrected chi connectivity index (χ3v) is 4.31. The molecule has 1 aliphatic carbocycles. The van der Waals surface area contributed by atoms with Crippen molar-refractivity contribution in [1.29, 1.82) is 0 Å². The van der Waals surface area contributed by atoms with E-state index in [2.05, 4.69) is 27.8 Å². The zero-order valence-electron chi connectivity index (χ0n) is 14.8. The summed E-state index contributed by atoms with van der Waals surface area (Å²) in [5.74, 6) is 0.750. The number of nitrogens with zero attached hydrogens (tertiary/aromatic N) is 1. The average Bonchev–Trinajstić information content (AvgIpc) is 2.61.